The number of fused-ring (bicyclic) bond motifs is 2. The highest BCUT2D eigenvalue weighted by Crippen LogP contribution is 2.33. The van der Waals surface area contributed by atoms with Gasteiger partial charge >= 0.3 is 0 Å². The van der Waals surface area contributed by atoms with Crippen LogP contribution in [0.2, 0.25) is 0 Å². The molecule has 0 bridgehead atoms. The molecule has 0 spiro atoms. The minimum absolute atomic E-state index is 0.0788. The lowest BCUT2D eigenvalue weighted by atomic mass is 9.99. The molecule has 3 aliphatic heterocycles. The molecule has 21 heavy (non-hydrogen) atoms. The van der Waals surface area contributed by atoms with E-state index in [1.54, 1.807) is 0 Å². The van der Waals surface area contributed by atoms with Gasteiger partial charge < -0.3 is 15.1 Å². The van der Waals surface area contributed by atoms with E-state index in [-0.39, 0.29) is 23.8 Å². The molecule has 0 aliphatic carbocycles. The lowest BCUT2D eigenvalue weighted by Crippen LogP contribution is -2.54. The van der Waals surface area contributed by atoms with E-state index >= 15 is 0 Å². The molecule has 0 saturated carbocycles. The molecule has 3 aliphatic rings. The molecular weight excluding hydrogens is 266 g/mol. The van der Waals surface area contributed by atoms with Crippen molar-refractivity contribution >= 4 is 17.5 Å². The van der Waals surface area contributed by atoms with E-state index in [0.717, 1.165) is 17.7 Å². The van der Waals surface area contributed by atoms with Crippen LogP contribution in [0.25, 0.3) is 0 Å². The Kier molecular flexibility index (Phi) is 2.87. The molecule has 0 aromatic heterocycles. The first-order valence-corrected chi connectivity index (χ1v) is 7.65. The molecule has 2 atom stereocenters. The number of amides is 2. The number of nitrogens with one attached hydrogen (secondary N) is 1. The summed E-state index contributed by atoms with van der Waals surface area (Å²) >= 11 is 0. The Balaban J connectivity index is 1.51. The zero-order valence-electron chi connectivity index (χ0n) is 11.9. The monoisotopic (exact) mass is 285 g/mol. The highest BCUT2D eigenvalue weighted by atomic mass is 16.2. The molecule has 1 N–H and O–H groups in total. The number of nitrogens with zero attached hydrogens (tertiary/aromatic N) is 2. The molecule has 5 heteroatoms. The summed E-state index contributed by atoms with van der Waals surface area (Å²) in [6, 6.07) is 8.27. The largest absolute Gasteiger partial charge is 0.384 e. The fourth-order valence-electron chi connectivity index (χ4n) is 3.79. The summed E-state index contributed by atoms with van der Waals surface area (Å²) in [5, 5.41) is 3.31. The van der Waals surface area contributed by atoms with Gasteiger partial charge in [0.15, 0.2) is 0 Å². The fourth-order valence-corrected chi connectivity index (χ4v) is 3.79. The molecule has 3 heterocycles. The number of rotatable bonds is 1. The SMILES string of the molecule is O=C(C1CNc2ccccc21)N1CCN2C(=O)CCC2C1. The van der Waals surface area contributed by atoms with Gasteiger partial charge in [-0.1, -0.05) is 18.2 Å². The zero-order chi connectivity index (χ0) is 14.4. The van der Waals surface area contributed by atoms with Gasteiger partial charge in [-0.2, -0.15) is 0 Å². The summed E-state index contributed by atoms with van der Waals surface area (Å²) < 4.78 is 0. The van der Waals surface area contributed by atoms with E-state index < -0.39 is 0 Å². The van der Waals surface area contributed by atoms with Gasteiger partial charge in [0, 0.05) is 44.3 Å². The van der Waals surface area contributed by atoms with Crippen molar-refractivity contribution < 1.29 is 9.59 Å². The number of anilines is 1. The summed E-state index contributed by atoms with van der Waals surface area (Å²) in [6.07, 6.45) is 1.53. The van der Waals surface area contributed by atoms with Crippen LogP contribution in [0.1, 0.15) is 24.3 Å². The van der Waals surface area contributed by atoms with Crippen molar-refractivity contribution in [3.8, 4) is 0 Å². The summed E-state index contributed by atoms with van der Waals surface area (Å²) in [7, 11) is 0. The van der Waals surface area contributed by atoms with Gasteiger partial charge in [-0.05, 0) is 18.1 Å². The van der Waals surface area contributed by atoms with E-state index in [1.165, 1.54) is 0 Å². The first-order valence-electron chi connectivity index (χ1n) is 7.65. The highest BCUT2D eigenvalue weighted by Gasteiger charge is 2.39. The second-order valence-corrected chi connectivity index (χ2v) is 6.08. The van der Waals surface area contributed by atoms with Crippen molar-refractivity contribution in [3.05, 3.63) is 29.8 Å². The summed E-state index contributed by atoms with van der Waals surface area (Å²) in [4.78, 5) is 28.4. The van der Waals surface area contributed by atoms with Gasteiger partial charge in [0.1, 0.15) is 0 Å². The number of carbonyl (C=O) groups is 2. The Hall–Kier alpha value is -2.04. The van der Waals surface area contributed by atoms with Gasteiger partial charge in [0.05, 0.1) is 5.92 Å². The van der Waals surface area contributed by atoms with Crippen LogP contribution in [0, 0.1) is 0 Å². The van der Waals surface area contributed by atoms with Crippen LogP contribution in [0.5, 0.6) is 0 Å². The molecular formula is C16H19N3O2. The van der Waals surface area contributed by atoms with Gasteiger partial charge in [0.2, 0.25) is 11.8 Å². The Morgan fingerprint density at radius 1 is 1.24 bits per heavy atom. The third-order valence-electron chi connectivity index (χ3n) is 4.94. The number of piperazine rings is 1. The predicted molar refractivity (Wildman–Crippen MR) is 79.0 cm³/mol. The van der Waals surface area contributed by atoms with Gasteiger partial charge in [-0.3, -0.25) is 9.59 Å². The molecule has 2 unspecified atom stereocenters. The maximum absolute atomic E-state index is 12.8. The van der Waals surface area contributed by atoms with Crippen molar-refractivity contribution in [1.82, 2.24) is 9.80 Å². The third-order valence-corrected chi connectivity index (χ3v) is 4.94. The number of hydrogen-bond acceptors (Lipinski definition) is 3. The molecule has 110 valence electrons. The topological polar surface area (TPSA) is 52.7 Å². The number of carbonyl (C=O) groups excluding carboxylic acids is 2. The van der Waals surface area contributed by atoms with Crippen molar-refractivity contribution in [2.75, 3.05) is 31.5 Å². The van der Waals surface area contributed by atoms with Crippen molar-refractivity contribution in [1.29, 1.82) is 0 Å². The van der Waals surface area contributed by atoms with Gasteiger partial charge in [0.25, 0.3) is 0 Å². The van der Waals surface area contributed by atoms with Crippen molar-refractivity contribution in [2.24, 2.45) is 0 Å². The van der Waals surface area contributed by atoms with Gasteiger partial charge in [-0.15, -0.1) is 0 Å². The molecule has 1 aromatic rings. The molecule has 4 rings (SSSR count). The molecule has 0 radical (unpaired) electrons. The standard InChI is InChI=1S/C16H19N3O2/c20-15-6-5-11-10-18(7-8-19(11)15)16(21)13-9-17-14-4-2-1-3-12(13)14/h1-4,11,13,17H,5-10H2. The Morgan fingerprint density at radius 2 is 2.10 bits per heavy atom. The van der Waals surface area contributed by atoms with Crippen LogP contribution >= 0.6 is 0 Å². The van der Waals surface area contributed by atoms with Crippen LogP contribution in [0.3, 0.4) is 0 Å². The average Bonchev–Trinajstić information content (AvgIpc) is 3.10. The minimum atomic E-state index is -0.0788. The van der Waals surface area contributed by atoms with E-state index in [2.05, 4.69) is 5.32 Å². The van der Waals surface area contributed by atoms with Crippen molar-refractivity contribution in [3.63, 3.8) is 0 Å². The van der Waals surface area contributed by atoms with Gasteiger partial charge in [-0.25, -0.2) is 0 Å². The maximum Gasteiger partial charge on any atom is 0.232 e. The first kappa shape index (κ1) is 12.7. The van der Waals surface area contributed by atoms with Crippen molar-refractivity contribution in [2.45, 2.75) is 24.8 Å². The number of para-hydroxylation sites is 1. The molecule has 2 saturated heterocycles. The first-order chi connectivity index (χ1) is 10.2. The van der Waals surface area contributed by atoms with E-state index in [1.807, 2.05) is 34.1 Å². The summed E-state index contributed by atoms with van der Waals surface area (Å²) in [6.45, 7) is 2.74. The van der Waals surface area contributed by atoms with Crippen LogP contribution in [-0.2, 0) is 9.59 Å². The van der Waals surface area contributed by atoms with Crippen LogP contribution < -0.4 is 5.32 Å². The molecule has 1 aromatic carbocycles. The molecule has 2 fully saturated rings. The van der Waals surface area contributed by atoms with Crippen LogP contribution in [-0.4, -0.2) is 53.8 Å². The van der Waals surface area contributed by atoms with Crippen LogP contribution in [0.4, 0.5) is 5.69 Å². The van der Waals surface area contributed by atoms with Crippen LogP contribution in [0.15, 0.2) is 24.3 Å². The molecule has 2 amide bonds. The summed E-state index contributed by atoms with van der Waals surface area (Å²) in [5.41, 5.74) is 2.18. The normalized spacial score (nSPS) is 27.3. The second kappa shape index (κ2) is 4.76. The minimum Gasteiger partial charge on any atom is -0.384 e. The van der Waals surface area contributed by atoms with E-state index in [0.29, 0.717) is 32.6 Å². The fraction of sp³-hybridized carbons (Fsp3) is 0.500. The van der Waals surface area contributed by atoms with E-state index in [4.69, 9.17) is 0 Å². The second-order valence-electron chi connectivity index (χ2n) is 6.08. The van der Waals surface area contributed by atoms with E-state index in [9.17, 15) is 9.59 Å². The Morgan fingerprint density at radius 3 is 3.00 bits per heavy atom. The predicted octanol–water partition coefficient (Wildman–Crippen LogP) is 1.03. The molecule has 5 nitrogen and oxygen atoms in total. The zero-order valence-corrected chi connectivity index (χ0v) is 11.9. The number of hydrogen-bond donors (Lipinski definition) is 1. The quantitative estimate of drug-likeness (QED) is 0.838. The Bertz CT molecular complexity index is 601. The smallest absolute Gasteiger partial charge is 0.232 e. The maximum atomic E-state index is 12.8. The average molecular weight is 285 g/mol. The lowest BCUT2D eigenvalue weighted by Gasteiger charge is -2.38. The lowest BCUT2D eigenvalue weighted by molar-refractivity contribution is -0.139. The number of benzene rings is 1. The highest BCUT2D eigenvalue weighted by molar-refractivity contribution is 5.88. The summed E-state index contributed by atoms with van der Waals surface area (Å²) in [5.74, 6) is 0.372. The third kappa shape index (κ3) is 1.99. The Labute approximate surface area is 123 Å².